The van der Waals surface area contributed by atoms with Gasteiger partial charge in [-0.2, -0.15) is 0 Å². The maximum absolute atomic E-state index is 11.7. The predicted molar refractivity (Wildman–Crippen MR) is 74.0 cm³/mol. The standard InChI is InChI=1S/C14H24N2O2/c1-12(2)18-11-5-7-15-8-10-16-9-4-6-13(3)14(16)17/h4,6,9,12,15H,5,7-8,10-11H2,1-3H3. The monoisotopic (exact) mass is 252 g/mol. The molecule has 0 fully saturated rings. The molecule has 0 unspecified atom stereocenters. The highest BCUT2D eigenvalue weighted by molar-refractivity contribution is 5.07. The van der Waals surface area contributed by atoms with Gasteiger partial charge in [-0.15, -0.1) is 0 Å². The molecule has 0 radical (unpaired) electrons. The predicted octanol–water partition coefficient (Wildman–Crippen LogP) is 1.56. The van der Waals surface area contributed by atoms with E-state index in [1.807, 2.05) is 39.1 Å². The second-order valence-electron chi connectivity index (χ2n) is 4.71. The van der Waals surface area contributed by atoms with Crippen molar-refractivity contribution in [1.82, 2.24) is 9.88 Å². The van der Waals surface area contributed by atoms with Gasteiger partial charge in [0.2, 0.25) is 0 Å². The van der Waals surface area contributed by atoms with E-state index in [-0.39, 0.29) is 5.56 Å². The van der Waals surface area contributed by atoms with Crippen molar-refractivity contribution in [3.63, 3.8) is 0 Å². The molecule has 0 spiro atoms. The van der Waals surface area contributed by atoms with Crippen LogP contribution >= 0.6 is 0 Å². The summed E-state index contributed by atoms with van der Waals surface area (Å²) in [5, 5.41) is 3.31. The third-order valence-corrected chi connectivity index (χ3v) is 2.69. The number of rotatable bonds is 8. The molecule has 0 saturated carbocycles. The topological polar surface area (TPSA) is 43.3 Å². The first kappa shape index (κ1) is 14.9. The van der Waals surface area contributed by atoms with E-state index < -0.39 is 0 Å². The Morgan fingerprint density at radius 2 is 2.17 bits per heavy atom. The van der Waals surface area contributed by atoms with Gasteiger partial charge >= 0.3 is 0 Å². The fourth-order valence-electron chi connectivity index (χ4n) is 1.67. The van der Waals surface area contributed by atoms with Gasteiger partial charge in [-0.1, -0.05) is 6.07 Å². The summed E-state index contributed by atoms with van der Waals surface area (Å²) in [7, 11) is 0. The quantitative estimate of drug-likeness (QED) is 0.714. The van der Waals surface area contributed by atoms with Crippen LogP contribution in [0.2, 0.25) is 0 Å². The van der Waals surface area contributed by atoms with Crippen molar-refractivity contribution in [2.24, 2.45) is 0 Å². The Morgan fingerprint density at radius 1 is 1.39 bits per heavy atom. The first-order valence-corrected chi connectivity index (χ1v) is 6.59. The smallest absolute Gasteiger partial charge is 0.253 e. The zero-order chi connectivity index (χ0) is 13.4. The van der Waals surface area contributed by atoms with Gasteiger partial charge in [0, 0.05) is 31.5 Å². The minimum atomic E-state index is 0.0995. The maximum atomic E-state index is 11.7. The van der Waals surface area contributed by atoms with Crippen LogP contribution in [0.5, 0.6) is 0 Å². The van der Waals surface area contributed by atoms with Gasteiger partial charge < -0.3 is 14.6 Å². The second-order valence-corrected chi connectivity index (χ2v) is 4.71. The summed E-state index contributed by atoms with van der Waals surface area (Å²) in [4.78, 5) is 11.7. The average molecular weight is 252 g/mol. The third kappa shape index (κ3) is 5.47. The summed E-state index contributed by atoms with van der Waals surface area (Å²) < 4.78 is 7.19. The van der Waals surface area contributed by atoms with Crippen LogP contribution < -0.4 is 10.9 Å². The molecule has 0 aromatic carbocycles. The summed E-state index contributed by atoms with van der Waals surface area (Å²) >= 11 is 0. The van der Waals surface area contributed by atoms with E-state index in [2.05, 4.69) is 5.32 Å². The van der Waals surface area contributed by atoms with E-state index in [1.54, 1.807) is 4.57 Å². The van der Waals surface area contributed by atoms with Gasteiger partial charge in [0.15, 0.2) is 0 Å². The number of nitrogens with zero attached hydrogens (tertiary/aromatic N) is 1. The van der Waals surface area contributed by atoms with E-state index in [1.165, 1.54) is 0 Å². The number of ether oxygens (including phenoxy) is 1. The van der Waals surface area contributed by atoms with Crippen LogP contribution in [0.25, 0.3) is 0 Å². The second kappa shape index (κ2) is 8.06. The highest BCUT2D eigenvalue weighted by Gasteiger charge is 1.98. The highest BCUT2D eigenvalue weighted by Crippen LogP contribution is 1.90. The van der Waals surface area contributed by atoms with Gasteiger partial charge in [0.25, 0.3) is 5.56 Å². The highest BCUT2D eigenvalue weighted by atomic mass is 16.5. The lowest BCUT2D eigenvalue weighted by Gasteiger charge is -2.09. The maximum Gasteiger partial charge on any atom is 0.253 e. The normalized spacial score (nSPS) is 11.1. The Bertz CT molecular complexity index is 399. The van der Waals surface area contributed by atoms with E-state index in [0.29, 0.717) is 12.6 Å². The van der Waals surface area contributed by atoms with Crippen LogP contribution in [0.15, 0.2) is 23.1 Å². The Kier molecular flexibility index (Phi) is 6.68. The molecule has 0 atom stereocenters. The number of aryl methyl sites for hydroxylation is 1. The summed E-state index contributed by atoms with van der Waals surface area (Å²) in [6, 6.07) is 3.75. The van der Waals surface area contributed by atoms with E-state index >= 15 is 0 Å². The zero-order valence-corrected chi connectivity index (χ0v) is 11.6. The summed E-state index contributed by atoms with van der Waals surface area (Å²) in [5.41, 5.74) is 0.894. The lowest BCUT2D eigenvalue weighted by Crippen LogP contribution is -2.28. The Balaban J connectivity index is 2.15. The largest absolute Gasteiger partial charge is 0.379 e. The molecule has 1 heterocycles. The molecule has 1 rings (SSSR count). The van der Waals surface area contributed by atoms with Crippen molar-refractivity contribution in [3.05, 3.63) is 34.2 Å². The van der Waals surface area contributed by atoms with Crippen LogP contribution in [-0.2, 0) is 11.3 Å². The van der Waals surface area contributed by atoms with Crippen LogP contribution in [-0.4, -0.2) is 30.4 Å². The number of hydrogen-bond acceptors (Lipinski definition) is 3. The molecule has 0 aliphatic carbocycles. The Morgan fingerprint density at radius 3 is 2.89 bits per heavy atom. The minimum Gasteiger partial charge on any atom is -0.379 e. The van der Waals surface area contributed by atoms with Gasteiger partial charge in [0.1, 0.15) is 0 Å². The zero-order valence-electron chi connectivity index (χ0n) is 11.6. The molecule has 0 amide bonds. The Labute approximate surface area is 109 Å². The first-order chi connectivity index (χ1) is 8.61. The van der Waals surface area contributed by atoms with Gasteiger partial charge in [-0.05, 0) is 39.8 Å². The van der Waals surface area contributed by atoms with E-state index in [0.717, 1.165) is 31.7 Å². The molecule has 4 nitrogen and oxygen atoms in total. The summed E-state index contributed by atoms with van der Waals surface area (Å²) in [6.45, 7) is 9.16. The van der Waals surface area contributed by atoms with Crippen LogP contribution in [0.1, 0.15) is 25.8 Å². The van der Waals surface area contributed by atoms with Crippen molar-refractivity contribution in [2.75, 3.05) is 19.7 Å². The lowest BCUT2D eigenvalue weighted by molar-refractivity contribution is 0.0771. The van der Waals surface area contributed by atoms with Crippen molar-refractivity contribution < 1.29 is 4.74 Å². The molecule has 18 heavy (non-hydrogen) atoms. The van der Waals surface area contributed by atoms with Gasteiger partial charge in [0.05, 0.1) is 6.10 Å². The van der Waals surface area contributed by atoms with Crippen LogP contribution in [0, 0.1) is 6.92 Å². The van der Waals surface area contributed by atoms with E-state index in [9.17, 15) is 4.79 Å². The van der Waals surface area contributed by atoms with Crippen LogP contribution in [0.4, 0.5) is 0 Å². The lowest BCUT2D eigenvalue weighted by atomic mass is 10.3. The molecule has 0 bridgehead atoms. The number of nitrogens with one attached hydrogen (secondary N) is 1. The van der Waals surface area contributed by atoms with Crippen molar-refractivity contribution >= 4 is 0 Å². The molecule has 0 aliphatic heterocycles. The molecule has 102 valence electrons. The molecule has 1 N–H and O–H groups in total. The van der Waals surface area contributed by atoms with Crippen molar-refractivity contribution in [3.8, 4) is 0 Å². The number of hydrogen-bond donors (Lipinski definition) is 1. The summed E-state index contributed by atoms with van der Waals surface area (Å²) in [6.07, 6.45) is 3.13. The molecule has 0 saturated heterocycles. The third-order valence-electron chi connectivity index (χ3n) is 2.69. The number of pyridine rings is 1. The minimum absolute atomic E-state index is 0.0995. The van der Waals surface area contributed by atoms with Gasteiger partial charge in [-0.3, -0.25) is 4.79 Å². The average Bonchev–Trinajstić information content (AvgIpc) is 2.32. The summed E-state index contributed by atoms with van der Waals surface area (Å²) in [5.74, 6) is 0. The van der Waals surface area contributed by atoms with Crippen molar-refractivity contribution in [2.45, 2.75) is 39.8 Å². The van der Waals surface area contributed by atoms with E-state index in [4.69, 9.17) is 4.74 Å². The molecule has 1 aromatic heterocycles. The molecule has 1 aromatic rings. The molecule has 4 heteroatoms. The SMILES string of the molecule is Cc1cccn(CCNCCCOC(C)C)c1=O. The Hall–Kier alpha value is -1.13. The first-order valence-electron chi connectivity index (χ1n) is 6.59. The molecule has 0 aliphatic rings. The fraction of sp³-hybridized carbons (Fsp3) is 0.643. The van der Waals surface area contributed by atoms with Gasteiger partial charge in [-0.25, -0.2) is 0 Å². The number of aromatic nitrogens is 1. The molecular formula is C14H24N2O2. The fourth-order valence-corrected chi connectivity index (χ4v) is 1.67. The molecular weight excluding hydrogens is 228 g/mol. The van der Waals surface area contributed by atoms with Crippen LogP contribution in [0.3, 0.4) is 0 Å². The van der Waals surface area contributed by atoms with Crippen molar-refractivity contribution in [1.29, 1.82) is 0 Å².